The number of aromatic nitrogens is 2. The molecule has 6 heteroatoms. The standard InChI is InChI=1S/C20H26N4O2/c1-16(25)24-10-6-9-20(24)19-14-21-13-17(22-19)15-23(2)11-12-26-18-7-4-3-5-8-18/h3-5,7-8,13-14,20H,6,9-12,15H2,1-2H3/t20-/m1/s1. The van der Waals surface area contributed by atoms with Crippen molar-refractivity contribution in [2.75, 3.05) is 26.7 Å². The van der Waals surface area contributed by atoms with Crippen molar-refractivity contribution >= 4 is 5.91 Å². The summed E-state index contributed by atoms with van der Waals surface area (Å²) in [5.74, 6) is 0.989. The van der Waals surface area contributed by atoms with Crippen LogP contribution in [0.25, 0.3) is 0 Å². The van der Waals surface area contributed by atoms with Gasteiger partial charge in [0.15, 0.2) is 0 Å². The predicted octanol–water partition coefficient (Wildman–Crippen LogP) is 2.67. The summed E-state index contributed by atoms with van der Waals surface area (Å²) in [6.07, 6.45) is 5.56. The number of likely N-dealkylation sites (tertiary alicyclic amines) is 1. The second-order valence-electron chi connectivity index (χ2n) is 6.71. The third-order valence-electron chi connectivity index (χ3n) is 4.62. The SMILES string of the molecule is CC(=O)N1CCC[C@@H]1c1cncc(CN(C)CCOc2ccccc2)n1. The maximum Gasteiger partial charge on any atom is 0.220 e. The summed E-state index contributed by atoms with van der Waals surface area (Å²) in [5.41, 5.74) is 1.81. The summed E-state index contributed by atoms with van der Waals surface area (Å²) in [6, 6.07) is 9.88. The van der Waals surface area contributed by atoms with Gasteiger partial charge in [-0.25, -0.2) is 0 Å². The smallest absolute Gasteiger partial charge is 0.220 e. The minimum atomic E-state index is 0.0617. The monoisotopic (exact) mass is 354 g/mol. The first kappa shape index (κ1) is 18.3. The third-order valence-corrected chi connectivity index (χ3v) is 4.62. The zero-order chi connectivity index (χ0) is 18.4. The van der Waals surface area contributed by atoms with Gasteiger partial charge in [-0.15, -0.1) is 0 Å². The first-order chi connectivity index (χ1) is 12.6. The quantitative estimate of drug-likeness (QED) is 0.765. The zero-order valence-corrected chi connectivity index (χ0v) is 15.5. The van der Waals surface area contributed by atoms with Crippen LogP contribution in [-0.4, -0.2) is 52.4 Å². The van der Waals surface area contributed by atoms with E-state index in [1.54, 1.807) is 19.3 Å². The van der Waals surface area contributed by atoms with E-state index in [-0.39, 0.29) is 11.9 Å². The molecule has 0 bridgehead atoms. The van der Waals surface area contributed by atoms with Crippen LogP contribution in [0.4, 0.5) is 0 Å². The topological polar surface area (TPSA) is 58.6 Å². The van der Waals surface area contributed by atoms with Gasteiger partial charge in [0.2, 0.25) is 5.91 Å². The molecule has 1 aromatic carbocycles. The summed E-state index contributed by atoms with van der Waals surface area (Å²) >= 11 is 0. The van der Waals surface area contributed by atoms with Gasteiger partial charge in [0.05, 0.1) is 23.6 Å². The molecule has 1 saturated heterocycles. The van der Waals surface area contributed by atoms with Crippen molar-refractivity contribution in [3.8, 4) is 5.75 Å². The number of carbonyl (C=O) groups is 1. The zero-order valence-electron chi connectivity index (χ0n) is 15.5. The molecule has 0 N–H and O–H groups in total. The van der Waals surface area contributed by atoms with E-state index in [4.69, 9.17) is 9.72 Å². The number of amides is 1. The van der Waals surface area contributed by atoms with Gasteiger partial charge < -0.3 is 9.64 Å². The second kappa shape index (κ2) is 8.76. The molecule has 1 atom stereocenters. The summed E-state index contributed by atoms with van der Waals surface area (Å²) in [6.45, 7) is 4.54. The minimum absolute atomic E-state index is 0.0617. The molecule has 0 aliphatic carbocycles. The van der Waals surface area contributed by atoms with Gasteiger partial charge in [0.25, 0.3) is 0 Å². The predicted molar refractivity (Wildman–Crippen MR) is 99.7 cm³/mol. The minimum Gasteiger partial charge on any atom is -0.492 e. The molecule has 2 aromatic rings. The average molecular weight is 354 g/mol. The first-order valence-electron chi connectivity index (χ1n) is 9.08. The summed E-state index contributed by atoms with van der Waals surface area (Å²) in [7, 11) is 2.04. The maximum absolute atomic E-state index is 11.8. The normalized spacial score (nSPS) is 16.9. The van der Waals surface area contributed by atoms with E-state index in [0.717, 1.165) is 43.1 Å². The Morgan fingerprint density at radius 1 is 1.31 bits per heavy atom. The number of para-hydroxylation sites is 1. The largest absolute Gasteiger partial charge is 0.492 e. The molecule has 1 aliphatic heterocycles. The lowest BCUT2D eigenvalue weighted by Crippen LogP contribution is -2.29. The lowest BCUT2D eigenvalue weighted by atomic mass is 10.1. The van der Waals surface area contributed by atoms with Crippen molar-refractivity contribution in [2.45, 2.75) is 32.4 Å². The highest BCUT2D eigenvalue weighted by Crippen LogP contribution is 2.30. The van der Waals surface area contributed by atoms with Gasteiger partial charge in [-0.3, -0.25) is 19.7 Å². The number of nitrogens with zero attached hydrogens (tertiary/aromatic N) is 4. The molecule has 0 unspecified atom stereocenters. The fourth-order valence-electron chi connectivity index (χ4n) is 3.30. The summed E-state index contributed by atoms with van der Waals surface area (Å²) in [5, 5.41) is 0. The molecule has 0 radical (unpaired) electrons. The van der Waals surface area contributed by atoms with E-state index in [2.05, 4.69) is 9.88 Å². The molecular weight excluding hydrogens is 328 g/mol. The highest BCUT2D eigenvalue weighted by molar-refractivity contribution is 5.74. The molecule has 0 saturated carbocycles. The number of carbonyl (C=O) groups excluding carboxylic acids is 1. The molecule has 138 valence electrons. The molecule has 26 heavy (non-hydrogen) atoms. The molecule has 1 aromatic heterocycles. The number of hydrogen-bond acceptors (Lipinski definition) is 5. The molecule has 1 aliphatic rings. The molecule has 3 rings (SSSR count). The van der Waals surface area contributed by atoms with Crippen LogP contribution in [0.1, 0.15) is 37.2 Å². The van der Waals surface area contributed by atoms with Crippen LogP contribution in [0.15, 0.2) is 42.7 Å². The van der Waals surface area contributed by atoms with Gasteiger partial charge in [-0.1, -0.05) is 18.2 Å². The van der Waals surface area contributed by atoms with Crippen LogP contribution < -0.4 is 4.74 Å². The van der Waals surface area contributed by atoms with E-state index in [1.807, 2.05) is 42.3 Å². The third kappa shape index (κ3) is 4.79. The van der Waals surface area contributed by atoms with Gasteiger partial charge in [-0.05, 0) is 32.0 Å². The van der Waals surface area contributed by atoms with Crippen molar-refractivity contribution in [3.63, 3.8) is 0 Å². The molecular formula is C20H26N4O2. The van der Waals surface area contributed by atoms with Gasteiger partial charge in [-0.2, -0.15) is 0 Å². The van der Waals surface area contributed by atoms with Crippen LogP contribution in [0.2, 0.25) is 0 Å². The molecule has 1 fully saturated rings. The maximum atomic E-state index is 11.8. The van der Waals surface area contributed by atoms with E-state index in [0.29, 0.717) is 13.2 Å². The fourth-order valence-corrected chi connectivity index (χ4v) is 3.30. The fraction of sp³-hybridized carbons (Fsp3) is 0.450. The Kier molecular flexibility index (Phi) is 6.17. The van der Waals surface area contributed by atoms with Gasteiger partial charge in [0.1, 0.15) is 12.4 Å². The van der Waals surface area contributed by atoms with E-state index < -0.39 is 0 Å². The van der Waals surface area contributed by atoms with Crippen molar-refractivity contribution in [2.24, 2.45) is 0 Å². The molecule has 6 nitrogen and oxygen atoms in total. The van der Waals surface area contributed by atoms with E-state index in [9.17, 15) is 4.79 Å². The number of hydrogen-bond donors (Lipinski definition) is 0. The average Bonchev–Trinajstić information content (AvgIpc) is 3.13. The van der Waals surface area contributed by atoms with Crippen LogP contribution >= 0.6 is 0 Å². The van der Waals surface area contributed by atoms with Crippen LogP contribution in [0, 0.1) is 0 Å². The Bertz CT molecular complexity index is 723. The molecule has 1 amide bonds. The van der Waals surface area contributed by atoms with Crippen molar-refractivity contribution in [3.05, 3.63) is 54.1 Å². The Labute approximate surface area is 154 Å². The van der Waals surface area contributed by atoms with Crippen molar-refractivity contribution in [1.82, 2.24) is 19.8 Å². The van der Waals surface area contributed by atoms with Crippen LogP contribution in [0.5, 0.6) is 5.75 Å². The Morgan fingerprint density at radius 2 is 2.12 bits per heavy atom. The number of benzene rings is 1. The highest BCUT2D eigenvalue weighted by atomic mass is 16.5. The lowest BCUT2D eigenvalue weighted by molar-refractivity contribution is -0.129. The molecule has 2 heterocycles. The van der Waals surface area contributed by atoms with Crippen molar-refractivity contribution < 1.29 is 9.53 Å². The van der Waals surface area contributed by atoms with Crippen molar-refractivity contribution in [1.29, 1.82) is 0 Å². The highest BCUT2D eigenvalue weighted by Gasteiger charge is 2.29. The van der Waals surface area contributed by atoms with E-state index in [1.165, 1.54) is 0 Å². The number of rotatable bonds is 7. The molecule has 0 spiro atoms. The van der Waals surface area contributed by atoms with Gasteiger partial charge >= 0.3 is 0 Å². The van der Waals surface area contributed by atoms with Crippen LogP contribution in [-0.2, 0) is 11.3 Å². The Morgan fingerprint density at radius 3 is 2.88 bits per heavy atom. The lowest BCUT2D eigenvalue weighted by Gasteiger charge is -2.23. The van der Waals surface area contributed by atoms with Gasteiger partial charge in [0, 0.05) is 32.8 Å². The summed E-state index contributed by atoms with van der Waals surface area (Å²) < 4.78 is 5.74. The Hall–Kier alpha value is -2.47. The van der Waals surface area contributed by atoms with Crippen LogP contribution in [0.3, 0.4) is 0 Å². The second-order valence-corrected chi connectivity index (χ2v) is 6.71. The first-order valence-corrected chi connectivity index (χ1v) is 9.08. The number of likely N-dealkylation sites (N-methyl/N-ethyl adjacent to an activating group) is 1. The summed E-state index contributed by atoms with van der Waals surface area (Å²) in [4.78, 5) is 24.9. The van der Waals surface area contributed by atoms with E-state index >= 15 is 0 Å². The Balaban J connectivity index is 1.54. The number of ether oxygens (including phenoxy) is 1.